The van der Waals surface area contributed by atoms with E-state index in [0.29, 0.717) is 45.1 Å². The van der Waals surface area contributed by atoms with Crippen LogP contribution in [0.2, 0.25) is 0 Å². The fourth-order valence-electron chi connectivity index (χ4n) is 1.82. The number of hydrogen-bond donors (Lipinski definition) is 1. The predicted molar refractivity (Wildman–Crippen MR) is 64.9 cm³/mol. The maximum absolute atomic E-state index is 12.0. The first-order chi connectivity index (χ1) is 9.26. The molecule has 1 unspecified atom stereocenters. The maximum Gasteiger partial charge on any atom is 0.324 e. The van der Waals surface area contributed by atoms with E-state index in [1.165, 1.54) is 0 Å². The summed E-state index contributed by atoms with van der Waals surface area (Å²) < 4.78 is 10.3. The molecule has 1 saturated heterocycles. The van der Waals surface area contributed by atoms with E-state index in [0.717, 1.165) is 0 Å². The molecule has 1 N–H and O–H groups in total. The van der Waals surface area contributed by atoms with Crippen LogP contribution in [0.15, 0.2) is 4.52 Å². The Bertz CT molecular complexity index is 442. The number of carbonyl (C=O) groups excluding carboxylic acids is 2. The van der Waals surface area contributed by atoms with Crippen LogP contribution >= 0.6 is 0 Å². The minimum Gasteiger partial charge on any atom is -0.378 e. The SMILES string of the molecule is CCC(NC=O)C(=O)c1noc(N2CCOCC2)n1. The van der Waals surface area contributed by atoms with Gasteiger partial charge in [0.05, 0.1) is 19.3 Å². The lowest BCUT2D eigenvalue weighted by Gasteiger charge is -2.24. The van der Waals surface area contributed by atoms with Crippen molar-refractivity contribution in [2.75, 3.05) is 31.2 Å². The molecule has 0 aromatic carbocycles. The number of nitrogens with one attached hydrogen (secondary N) is 1. The molecule has 0 bridgehead atoms. The van der Waals surface area contributed by atoms with Gasteiger partial charge in [-0.1, -0.05) is 12.1 Å². The second-order valence-electron chi connectivity index (χ2n) is 4.11. The summed E-state index contributed by atoms with van der Waals surface area (Å²) >= 11 is 0. The molecule has 1 fully saturated rings. The number of anilines is 1. The second kappa shape index (κ2) is 6.28. The molecule has 8 heteroatoms. The number of morpholine rings is 1. The maximum atomic E-state index is 12.0. The number of rotatable bonds is 6. The molecule has 19 heavy (non-hydrogen) atoms. The third-order valence-electron chi connectivity index (χ3n) is 2.91. The zero-order valence-electron chi connectivity index (χ0n) is 10.7. The number of aromatic nitrogens is 2. The summed E-state index contributed by atoms with van der Waals surface area (Å²) in [5.74, 6) is -0.361. The number of hydrogen-bond acceptors (Lipinski definition) is 7. The monoisotopic (exact) mass is 268 g/mol. The quantitative estimate of drug-likeness (QED) is 0.554. The van der Waals surface area contributed by atoms with Gasteiger partial charge in [0.1, 0.15) is 0 Å². The highest BCUT2D eigenvalue weighted by molar-refractivity contribution is 5.97. The third-order valence-corrected chi connectivity index (χ3v) is 2.91. The number of ether oxygens (including phenoxy) is 1. The molecule has 1 atom stereocenters. The van der Waals surface area contributed by atoms with Crippen LogP contribution in [-0.4, -0.2) is 54.7 Å². The largest absolute Gasteiger partial charge is 0.378 e. The highest BCUT2D eigenvalue weighted by Crippen LogP contribution is 2.13. The molecule has 1 aromatic rings. The average molecular weight is 268 g/mol. The molecule has 0 spiro atoms. The molecular weight excluding hydrogens is 252 g/mol. The van der Waals surface area contributed by atoms with Gasteiger partial charge in [-0.05, 0) is 6.42 Å². The molecule has 2 heterocycles. The van der Waals surface area contributed by atoms with Crippen LogP contribution in [0, 0.1) is 0 Å². The standard InChI is InChI=1S/C11H16N4O4/c1-2-8(12-7-16)9(17)10-13-11(19-14-10)15-3-5-18-6-4-15/h7-8H,2-6H2,1H3,(H,12,16). The predicted octanol–water partition coefficient (Wildman–Crippen LogP) is -0.386. The van der Waals surface area contributed by atoms with Crippen molar-refractivity contribution in [1.29, 1.82) is 0 Å². The molecule has 8 nitrogen and oxygen atoms in total. The molecule has 1 amide bonds. The van der Waals surface area contributed by atoms with E-state index in [4.69, 9.17) is 9.26 Å². The molecule has 1 aliphatic rings. The third kappa shape index (κ3) is 3.08. The Morgan fingerprint density at radius 2 is 2.26 bits per heavy atom. The lowest BCUT2D eigenvalue weighted by molar-refractivity contribution is -0.110. The molecule has 2 rings (SSSR count). The van der Waals surface area contributed by atoms with E-state index in [-0.39, 0.29) is 11.6 Å². The fraction of sp³-hybridized carbons (Fsp3) is 0.636. The Kier molecular flexibility index (Phi) is 4.45. The zero-order chi connectivity index (χ0) is 13.7. The Balaban J connectivity index is 2.06. The second-order valence-corrected chi connectivity index (χ2v) is 4.11. The highest BCUT2D eigenvalue weighted by atomic mass is 16.5. The van der Waals surface area contributed by atoms with Crippen LogP contribution in [0.3, 0.4) is 0 Å². The summed E-state index contributed by atoms with van der Waals surface area (Å²) in [6.07, 6.45) is 0.966. The van der Waals surface area contributed by atoms with Gasteiger partial charge in [0.2, 0.25) is 18.0 Å². The fourth-order valence-corrected chi connectivity index (χ4v) is 1.82. The molecule has 0 aliphatic carbocycles. The summed E-state index contributed by atoms with van der Waals surface area (Å²) in [5.41, 5.74) is 0. The van der Waals surface area contributed by atoms with Crippen molar-refractivity contribution in [3.63, 3.8) is 0 Å². The summed E-state index contributed by atoms with van der Waals surface area (Å²) in [5, 5.41) is 6.10. The minimum absolute atomic E-state index is 0.0114. The van der Waals surface area contributed by atoms with Gasteiger partial charge in [-0.2, -0.15) is 4.98 Å². The van der Waals surface area contributed by atoms with Crippen molar-refractivity contribution >= 4 is 18.2 Å². The van der Waals surface area contributed by atoms with Gasteiger partial charge in [0.15, 0.2) is 0 Å². The smallest absolute Gasteiger partial charge is 0.324 e. The first-order valence-electron chi connectivity index (χ1n) is 6.16. The van der Waals surface area contributed by atoms with E-state index in [9.17, 15) is 9.59 Å². The number of Topliss-reactive ketones (excluding diaryl/α,β-unsaturated/α-hetero) is 1. The van der Waals surface area contributed by atoms with Crippen molar-refractivity contribution in [2.45, 2.75) is 19.4 Å². The lowest BCUT2D eigenvalue weighted by atomic mass is 10.1. The van der Waals surface area contributed by atoms with Crippen LogP contribution in [0.1, 0.15) is 24.0 Å². The van der Waals surface area contributed by atoms with Crippen LogP contribution in [0.4, 0.5) is 6.01 Å². The van der Waals surface area contributed by atoms with Gasteiger partial charge >= 0.3 is 6.01 Å². The van der Waals surface area contributed by atoms with Crippen LogP contribution < -0.4 is 10.2 Å². The molecule has 1 aromatic heterocycles. The molecule has 0 saturated carbocycles. The molecule has 0 radical (unpaired) electrons. The highest BCUT2D eigenvalue weighted by Gasteiger charge is 2.25. The van der Waals surface area contributed by atoms with Crippen molar-refractivity contribution in [3.8, 4) is 0 Å². The Labute approximate surface area is 110 Å². The Morgan fingerprint density at radius 1 is 1.53 bits per heavy atom. The average Bonchev–Trinajstić information content (AvgIpc) is 2.95. The Hall–Kier alpha value is -1.96. The van der Waals surface area contributed by atoms with Crippen molar-refractivity contribution in [2.24, 2.45) is 0 Å². The van der Waals surface area contributed by atoms with E-state index in [2.05, 4.69) is 15.5 Å². The van der Waals surface area contributed by atoms with Gasteiger partial charge in [-0.3, -0.25) is 9.59 Å². The first-order valence-corrected chi connectivity index (χ1v) is 6.16. The van der Waals surface area contributed by atoms with E-state index in [1.54, 1.807) is 6.92 Å². The van der Waals surface area contributed by atoms with Gasteiger partial charge in [-0.25, -0.2) is 0 Å². The van der Waals surface area contributed by atoms with E-state index in [1.807, 2.05) is 4.90 Å². The van der Waals surface area contributed by atoms with Crippen molar-refractivity contribution in [1.82, 2.24) is 15.5 Å². The van der Waals surface area contributed by atoms with Gasteiger partial charge < -0.3 is 19.5 Å². The zero-order valence-corrected chi connectivity index (χ0v) is 10.7. The molecule has 104 valence electrons. The summed E-state index contributed by atoms with van der Waals surface area (Å²) in [4.78, 5) is 28.4. The normalized spacial score (nSPS) is 17.0. The topological polar surface area (TPSA) is 97.6 Å². The minimum atomic E-state index is -0.618. The molecular formula is C11H16N4O4. The van der Waals surface area contributed by atoms with Gasteiger partial charge in [-0.15, -0.1) is 0 Å². The summed E-state index contributed by atoms with van der Waals surface area (Å²) in [6.45, 7) is 4.28. The Morgan fingerprint density at radius 3 is 2.89 bits per heavy atom. The summed E-state index contributed by atoms with van der Waals surface area (Å²) in [6, 6.07) is -0.305. The molecule has 1 aliphatic heterocycles. The lowest BCUT2D eigenvalue weighted by Crippen LogP contribution is -2.37. The number of nitrogens with zero attached hydrogens (tertiary/aromatic N) is 3. The van der Waals surface area contributed by atoms with Gasteiger partial charge in [0, 0.05) is 13.1 Å². The van der Waals surface area contributed by atoms with Crippen molar-refractivity contribution in [3.05, 3.63) is 5.82 Å². The number of ketones is 1. The van der Waals surface area contributed by atoms with Crippen LogP contribution in [0.5, 0.6) is 0 Å². The van der Waals surface area contributed by atoms with Gasteiger partial charge in [0.25, 0.3) is 0 Å². The first kappa shape index (κ1) is 13.5. The van der Waals surface area contributed by atoms with E-state index >= 15 is 0 Å². The van der Waals surface area contributed by atoms with E-state index < -0.39 is 6.04 Å². The summed E-state index contributed by atoms with van der Waals surface area (Å²) in [7, 11) is 0. The van der Waals surface area contributed by atoms with Crippen LogP contribution in [0.25, 0.3) is 0 Å². The number of carbonyl (C=O) groups is 2. The van der Waals surface area contributed by atoms with Crippen LogP contribution in [-0.2, 0) is 9.53 Å². The van der Waals surface area contributed by atoms with Crippen molar-refractivity contribution < 1.29 is 18.8 Å². The number of amides is 1.